The van der Waals surface area contributed by atoms with Gasteiger partial charge in [-0.15, -0.1) is 10.2 Å². The van der Waals surface area contributed by atoms with Gasteiger partial charge in [0.05, 0.1) is 11.9 Å². The van der Waals surface area contributed by atoms with Crippen LogP contribution < -0.4 is 0 Å². The molecule has 25 heavy (non-hydrogen) atoms. The lowest BCUT2D eigenvalue weighted by Gasteiger charge is -2.04. The Morgan fingerprint density at radius 3 is 2.72 bits per heavy atom. The fraction of sp³-hybridized carbons (Fsp3) is 0.222. The van der Waals surface area contributed by atoms with Crippen molar-refractivity contribution in [2.45, 2.75) is 30.7 Å². The molecule has 0 N–H and O–H groups in total. The highest BCUT2D eigenvalue weighted by Crippen LogP contribution is 2.23. The van der Waals surface area contributed by atoms with Gasteiger partial charge >= 0.3 is 0 Å². The molecule has 0 spiro atoms. The molecule has 0 atom stereocenters. The Bertz CT molecular complexity index is 830. The van der Waals surface area contributed by atoms with E-state index in [0.29, 0.717) is 0 Å². The van der Waals surface area contributed by atoms with Crippen LogP contribution in [0.2, 0.25) is 5.02 Å². The van der Waals surface area contributed by atoms with Crippen LogP contribution in [0.25, 0.3) is 0 Å². The summed E-state index contributed by atoms with van der Waals surface area (Å²) in [5.74, 6) is 1.63. The van der Waals surface area contributed by atoms with Gasteiger partial charge in [0.1, 0.15) is 0 Å². The molecule has 2 aromatic heterocycles. The summed E-state index contributed by atoms with van der Waals surface area (Å²) in [6.07, 6.45) is 5.29. The highest BCUT2D eigenvalue weighted by Gasteiger charge is 2.11. The van der Waals surface area contributed by atoms with Crippen molar-refractivity contribution in [1.29, 1.82) is 0 Å². The highest BCUT2D eigenvalue weighted by atomic mass is 35.5. The zero-order valence-corrected chi connectivity index (χ0v) is 15.4. The Labute approximate surface area is 156 Å². The second-order valence-electron chi connectivity index (χ2n) is 5.37. The molecule has 0 aliphatic rings. The summed E-state index contributed by atoms with van der Waals surface area (Å²) in [6, 6.07) is 13.5. The minimum Gasteiger partial charge on any atom is -0.255 e. The zero-order chi connectivity index (χ0) is 17.5. The molecule has 5 nitrogen and oxygen atoms in total. The second kappa shape index (κ2) is 8.78. The topological polar surface area (TPSA) is 56.0 Å². The number of thioether (sulfide) groups is 1. The third-order valence-electron chi connectivity index (χ3n) is 3.42. The van der Waals surface area contributed by atoms with E-state index < -0.39 is 0 Å². The van der Waals surface area contributed by atoms with Gasteiger partial charge in [-0.2, -0.15) is 9.78 Å². The van der Waals surface area contributed by atoms with Gasteiger partial charge in [-0.25, -0.2) is 0 Å². The van der Waals surface area contributed by atoms with Gasteiger partial charge in [-0.3, -0.25) is 4.98 Å². The summed E-state index contributed by atoms with van der Waals surface area (Å²) in [6.45, 7) is 2.11. The molecule has 7 heteroatoms. The molecule has 1 aromatic carbocycles. The van der Waals surface area contributed by atoms with E-state index in [1.165, 1.54) is 5.56 Å². The summed E-state index contributed by atoms with van der Waals surface area (Å²) in [7, 11) is 0. The number of hydrogen-bond donors (Lipinski definition) is 0. The second-order valence-corrected chi connectivity index (χ2v) is 6.75. The molecule has 3 aromatic rings. The van der Waals surface area contributed by atoms with Gasteiger partial charge in [0.2, 0.25) is 5.16 Å². The molecule has 0 bridgehead atoms. The standard InChI is InChI=1S/C18H18ClN5S/c1-2-5-17-22-23-18(25-13-14-7-9-15(19)10-8-14)24(17)21-12-16-6-3-4-11-20-16/h3-4,6-12H,2,5,13H2,1H3/b21-12+. The normalized spacial score (nSPS) is 11.3. The van der Waals surface area contributed by atoms with Crippen molar-refractivity contribution < 1.29 is 0 Å². The van der Waals surface area contributed by atoms with Gasteiger partial charge in [0.15, 0.2) is 5.82 Å². The van der Waals surface area contributed by atoms with E-state index in [2.05, 4.69) is 27.2 Å². The van der Waals surface area contributed by atoms with Gasteiger partial charge in [0, 0.05) is 23.4 Å². The number of rotatable bonds is 7. The van der Waals surface area contributed by atoms with E-state index in [1.807, 2.05) is 42.5 Å². The average molecular weight is 372 g/mol. The van der Waals surface area contributed by atoms with Gasteiger partial charge in [-0.05, 0) is 36.2 Å². The summed E-state index contributed by atoms with van der Waals surface area (Å²) in [4.78, 5) is 4.26. The third-order valence-corrected chi connectivity index (χ3v) is 4.67. The van der Waals surface area contributed by atoms with Crippen molar-refractivity contribution in [2.75, 3.05) is 0 Å². The van der Waals surface area contributed by atoms with Crippen molar-refractivity contribution in [2.24, 2.45) is 5.10 Å². The first kappa shape index (κ1) is 17.6. The maximum absolute atomic E-state index is 5.93. The van der Waals surface area contributed by atoms with E-state index >= 15 is 0 Å². The zero-order valence-electron chi connectivity index (χ0n) is 13.8. The average Bonchev–Trinajstić information content (AvgIpc) is 3.02. The lowest BCUT2D eigenvalue weighted by Crippen LogP contribution is -2.00. The smallest absolute Gasteiger partial charge is 0.212 e. The Morgan fingerprint density at radius 2 is 2.00 bits per heavy atom. The molecule has 0 aliphatic carbocycles. The molecule has 0 saturated carbocycles. The predicted molar refractivity (Wildman–Crippen MR) is 102 cm³/mol. The Hall–Kier alpha value is -2.18. The van der Waals surface area contributed by atoms with Crippen molar-refractivity contribution in [3.63, 3.8) is 0 Å². The van der Waals surface area contributed by atoms with Crippen LogP contribution in [0, 0.1) is 0 Å². The first-order chi connectivity index (χ1) is 12.3. The van der Waals surface area contributed by atoms with Crippen molar-refractivity contribution in [3.05, 3.63) is 70.8 Å². The minimum atomic E-state index is 0.738. The molecule has 128 valence electrons. The fourth-order valence-corrected chi connectivity index (χ4v) is 3.17. The predicted octanol–water partition coefficient (Wildman–Crippen LogP) is 4.45. The van der Waals surface area contributed by atoms with Crippen LogP contribution in [0.4, 0.5) is 0 Å². The number of pyridine rings is 1. The Morgan fingerprint density at radius 1 is 1.16 bits per heavy atom. The maximum Gasteiger partial charge on any atom is 0.212 e. The monoisotopic (exact) mass is 371 g/mol. The van der Waals surface area contributed by atoms with E-state index in [0.717, 1.165) is 40.3 Å². The first-order valence-corrected chi connectivity index (χ1v) is 9.39. The number of halogens is 1. The largest absolute Gasteiger partial charge is 0.255 e. The molecule has 0 fully saturated rings. The molecular weight excluding hydrogens is 354 g/mol. The Kier molecular flexibility index (Phi) is 6.19. The Balaban J connectivity index is 1.78. The van der Waals surface area contributed by atoms with Crippen LogP contribution in [0.1, 0.15) is 30.4 Å². The molecule has 0 aliphatic heterocycles. The van der Waals surface area contributed by atoms with Crippen molar-refractivity contribution >= 4 is 29.6 Å². The maximum atomic E-state index is 5.93. The number of nitrogens with zero attached hydrogens (tertiary/aromatic N) is 5. The molecular formula is C18H18ClN5S. The molecule has 0 amide bonds. The summed E-state index contributed by atoms with van der Waals surface area (Å²) in [5.41, 5.74) is 1.97. The highest BCUT2D eigenvalue weighted by molar-refractivity contribution is 7.98. The first-order valence-electron chi connectivity index (χ1n) is 8.03. The molecule has 0 radical (unpaired) electrons. The van der Waals surface area contributed by atoms with E-state index in [1.54, 1.807) is 28.8 Å². The van der Waals surface area contributed by atoms with E-state index in [9.17, 15) is 0 Å². The number of aryl methyl sites for hydroxylation is 1. The SMILES string of the molecule is CCCc1nnc(SCc2ccc(Cl)cc2)n1/N=C/c1ccccn1. The summed E-state index contributed by atoms with van der Waals surface area (Å²) in [5, 5.41) is 14.6. The van der Waals surface area contributed by atoms with Crippen LogP contribution in [-0.4, -0.2) is 26.1 Å². The van der Waals surface area contributed by atoms with Gasteiger partial charge < -0.3 is 0 Å². The molecule has 2 heterocycles. The minimum absolute atomic E-state index is 0.738. The van der Waals surface area contributed by atoms with Crippen molar-refractivity contribution in [1.82, 2.24) is 19.9 Å². The summed E-state index contributed by atoms with van der Waals surface area (Å²) >= 11 is 7.53. The third kappa shape index (κ3) is 4.90. The van der Waals surface area contributed by atoms with Crippen LogP contribution in [-0.2, 0) is 12.2 Å². The number of hydrogen-bond acceptors (Lipinski definition) is 5. The quantitative estimate of drug-likeness (QED) is 0.454. The van der Waals surface area contributed by atoms with Gasteiger partial charge in [-0.1, -0.05) is 48.5 Å². The fourth-order valence-electron chi connectivity index (χ4n) is 2.18. The molecule has 3 rings (SSSR count). The van der Waals surface area contributed by atoms with Crippen LogP contribution >= 0.6 is 23.4 Å². The van der Waals surface area contributed by atoms with Crippen molar-refractivity contribution in [3.8, 4) is 0 Å². The lowest BCUT2D eigenvalue weighted by atomic mass is 10.2. The van der Waals surface area contributed by atoms with Gasteiger partial charge in [0.25, 0.3) is 0 Å². The van der Waals surface area contributed by atoms with Crippen LogP contribution in [0.15, 0.2) is 58.9 Å². The number of benzene rings is 1. The number of aromatic nitrogens is 4. The van der Waals surface area contributed by atoms with Crippen LogP contribution in [0.3, 0.4) is 0 Å². The molecule has 0 saturated heterocycles. The lowest BCUT2D eigenvalue weighted by molar-refractivity contribution is 0.699. The van der Waals surface area contributed by atoms with E-state index in [4.69, 9.17) is 11.6 Å². The summed E-state index contributed by atoms with van der Waals surface area (Å²) < 4.78 is 1.80. The molecule has 0 unspecified atom stereocenters. The van der Waals surface area contributed by atoms with Crippen LogP contribution in [0.5, 0.6) is 0 Å². The van der Waals surface area contributed by atoms with E-state index in [-0.39, 0.29) is 0 Å².